The van der Waals surface area contributed by atoms with Gasteiger partial charge in [-0.3, -0.25) is 4.98 Å². The molecule has 4 rings (SSSR count). The van der Waals surface area contributed by atoms with Crippen LogP contribution in [0.15, 0.2) is 67.0 Å². The van der Waals surface area contributed by atoms with Crippen LogP contribution in [0.2, 0.25) is 0 Å². The first-order valence-corrected chi connectivity index (χ1v) is 10.1. The largest absolute Gasteiger partial charge is 0.493 e. The summed E-state index contributed by atoms with van der Waals surface area (Å²) in [6.07, 6.45) is 3.57. The predicted molar refractivity (Wildman–Crippen MR) is 121 cm³/mol. The molecule has 0 saturated carbocycles. The van der Waals surface area contributed by atoms with Crippen molar-refractivity contribution in [1.29, 1.82) is 0 Å². The van der Waals surface area contributed by atoms with E-state index in [1.165, 1.54) is 11.1 Å². The molecule has 0 spiro atoms. The number of hydrogen-bond donors (Lipinski definition) is 1. The van der Waals surface area contributed by atoms with Gasteiger partial charge in [0, 0.05) is 25.5 Å². The first-order valence-electron chi connectivity index (χ1n) is 9.16. The van der Waals surface area contributed by atoms with E-state index in [9.17, 15) is 0 Å². The van der Waals surface area contributed by atoms with Crippen molar-refractivity contribution < 1.29 is 9.47 Å². The molecule has 7 heteroatoms. The molecule has 1 N–H and O–H groups in total. The predicted octanol–water partition coefficient (Wildman–Crippen LogP) is 5.37. The number of fused-ring (bicyclic) bond motifs is 1. The zero-order valence-electron chi connectivity index (χ0n) is 16.0. The van der Waals surface area contributed by atoms with E-state index in [0.717, 1.165) is 35.8 Å². The van der Waals surface area contributed by atoms with Crippen LogP contribution >= 0.6 is 28.3 Å². The zero-order valence-corrected chi connectivity index (χ0v) is 18.4. The van der Waals surface area contributed by atoms with E-state index in [4.69, 9.17) is 9.47 Å². The van der Waals surface area contributed by atoms with Gasteiger partial charge in [0.2, 0.25) is 0 Å². The topological polar surface area (TPSA) is 46.6 Å². The second-order valence-electron chi connectivity index (χ2n) is 6.67. The molecule has 29 heavy (non-hydrogen) atoms. The van der Waals surface area contributed by atoms with Gasteiger partial charge in [-0.1, -0.05) is 46.3 Å². The van der Waals surface area contributed by atoms with Gasteiger partial charge in [0.25, 0.3) is 0 Å². The number of anilines is 1. The Balaban J connectivity index is 0.00000240. The van der Waals surface area contributed by atoms with Gasteiger partial charge >= 0.3 is 0 Å². The molecule has 3 aromatic rings. The van der Waals surface area contributed by atoms with Gasteiger partial charge in [-0.05, 0) is 41.0 Å². The lowest BCUT2D eigenvalue weighted by Gasteiger charge is -2.33. The van der Waals surface area contributed by atoms with Crippen LogP contribution in [0.1, 0.15) is 21.5 Å². The minimum absolute atomic E-state index is 0. The molecule has 1 aliphatic heterocycles. The maximum atomic E-state index is 6.07. The maximum Gasteiger partial charge on any atom is 0.162 e. The zero-order chi connectivity index (χ0) is 19.3. The third-order valence-corrected chi connectivity index (χ3v) is 5.49. The standard InChI is InChI=1S/C22H22BrN3O2.ClH/c1-27-21-11-17-13-26(25-18-7-9-24-10-8-18)14-20(23)19(17)12-22(21)28-15-16-5-3-2-4-6-16;/h2-12,20H,13-15H2,1H3,(H,24,25);1H. The molecule has 2 aromatic carbocycles. The maximum absolute atomic E-state index is 6.07. The minimum atomic E-state index is 0. The molecule has 152 valence electrons. The second-order valence-corrected chi connectivity index (χ2v) is 7.78. The van der Waals surface area contributed by atoms with Gasteiger partial charge in [0.1, 0.15) is 6.61 Å². The van der Waals surface area contributed by atoms with Crippen LogP contribution < -0.4 is 14.9 Å². The summed E-state index contributed by atoms with van der Waals surface area (Å²) in [4.78, 5) is 4.25. The van der Waals surface area contributed by atoms with Crippen molar-refractivity contribution in [2.75, 3.05) is 19.1 Å². The summed E-state index contributed by atoms with van der Waals surface area (Å²) in [5.41, 5.74) is 8.03. The van der Waals surface area contributed by atoms with Crippen LogP contribution in [0, 0.1) is 0 Å². The van der Waals surface area contributed by atoms with Gasteiger partial charge in [-0.15, -0.1) is 12.4 Å². The molecule has 0 amide bonds. The van der Waals surface area contributed by atoms with Crippen molar-refractivity contribution in [3.8, 4) is 11.5 Å². The van der Waals surface area contributed by atoms with Gasteiger partial charge in [-0.25, -0.2) is 5.01 Å². The molecule has 0 bridgehead atoms. The van der Waals surface area contributed by atoms with E-state index in [0.29, 0.717) is 6.61 Å². The first-order chi connectivity index (χ1) is 13.7. The molecule has 2 heterocycles. The summed E-state index contributed by atoms with van der Waals surface area (Å²) in [5, 5.41) is 2.18. The Morgan fingerprint density at radius 2 is 1.86 bits per heavy atom. The van der Waals surface area contributed by atoms with E-state index in [1.807, 2.05) is 30.3 Å². The molecule has 0 saturated heterocycles. The summed E-state index contributed by atoms with van der Waals surface area (Å²) in [6.45, 7) is 2.12. The lowest BCUT2D eigenvalue weighted by Crippen LogP contribution is -2.36. The average molecular weight is 477 g/mol. The average Bonchev–Trinajstić information content (AvgIpc) is 2.73. The third-order valence-electron chi connectivity index (χ3n) is 4.71. The highest BCUT2D eigenvalue weighted by atomic mass is 79.9. The lowest BCUT2D eigenvalue weighted by molar-refractivity contribution is 0.278. The number of halogens is 2. The molecule has 0 aliphatic carbocycles. The quantitative estimate of drug-likeness (QED) is 0.485. The highest BCUT2D eigenvalue weighted by Crippen LogP contribution is 2.40. The molecule has 1 atom stereocenters. The number of alkyl halides is 1. The number of pyridine rings is 1. The van der Waals surface area contributed by atoms with Gasteiger partial charge in [-0.2, -0.15) is 0 Å². The summed E-state index contributed by atoms with van der Waals surface area (Å²) in [5.74, 6) is 1.52. The fraction of sp³-hybridized carbons (Fsp3) is 0.227. The number of aromatic nitrogens is 1. The minimum Gasteiger partial charge on any atom is -0.493 e. The smallest absolute Gasteiger partial charge is 0.162 e. The van der Waals surface area contributed by atoms with Gasteiger partial charge < -0.3 is 14.9 Å². The molecule has 1 aliphatic rings. The van der Waals surface area contributed by atoms with Gasteiger partial charge in [0.15, 0.2) is 11.5 Å². The van der Waals surface area contributed by atoms with Crippen molar-refractivity contribution in [2.45, 2.75) is 18.0 Å². The number of nitrogens with zero attached hydrogens (tertiary/aromatic N) is 2. The summed E-state index contributed by atoms with van der Waals surface area (Å²) >= 11 is 3.83. The first kappa shape index (κ1) is 21.4. The van der Waals surface area contributed by atoms with Gasteiger partial charge in [0.05, 0.1) is 17.6 Å². The molecule has 5 nitrogen and oxygen atoms in total. The summed E-state index contributed by atoms with van der Waals surface area (Å²) in [6, 6.07) is 18.2. The number of hydrazine groups is 1. The van der Waals surface area contributed by atoms with E-state index in [2.05, 4.69) is 55.6 Å². The Morgan fingerprint density at radius 1 is 1.10 bits per heavy atom. The van der Waals surface area contributed by atoms with Crippen molar-refractivity contribution >= 4 is 34.0 Å². The monoisotopic (exact) mass is 475 g/mol. The highest BCUT2D eigenvalue weighted by Gasteiger charge is 2.26. The number of nitrogens with one attached hydrogen (secondary N) is 1. The summed E-state index contributed by atoms with van der Waals surface area (Å²) in [7, 11) is 1.68. The Bertz CT molecular complexity index is 928. The van der Waals surface area contributed by atoms with E-state index >= 15 is 0 Å². The molecule has 1 aromatic heterocycles. The molecular formula is C22H23BrClN3O2. The van der Waals surface area contributed by atoms with E-state index in [-0.39, 0.29) is 17.2 Å². The van der Waals surface area contributed by atoms with E-state index in [1.54, 1.807) is 19.5 Å². The fourth-order valence-corrected chi connectivity index (χ4v) is 4.09. The molecule has 0 radical (unpaired) electrons. The SMILES string of the molecule is COc1cc2c(cc1OCc1ccccc1)C(Br)CN(Nc1ccncc1)C2.Cl. The van der Waals surface area contributed by atoms with Crippen molar-refractivity contribution in [3.05, 3.63) is 83.7 Å². The Hall–Kier alpha value is -2.28. The van der Waals surface area contributed by atoms with Crippen molar-refractivity contribution in [2.24, 2.45) is 0 Å². The van der Waals surface area contributed by atoms with E-state index < -0.39 is 0 Å². The number of ether oxygens (including phenoxy) is 2. The van der Waals surface area contributed by atoms with Crippen molar-refractivity contribution in [3.63, 3.8) is 0 Å². The fourth-order valence-electron chi connectivity index (χ4n) is 3.31. The number of hydrogen-bond acceptors (Lipinski definition) is 5. The molecule has 1 unspecified atom stereocenters. The molecular weight excluding hydrogens is 454 g/mol. The van der Waals surface area contributed by atoms with Crippen molar-refractivity contribution in [1.82, 2.24) is 9.99 Å². The van der Waals surface area contributed by atoms with Crippen LogP contribution in [0.4, 0.5) is 5.69 Å². The van der Waals surface area contributed by atoms with Crippen LogP contribution in [-0.2, 0) is 13.2 Å². The molecule has 0 fully saturated rings. The Kier molecular flexibility index (Phi) is 7.36. The second kappa shape index (κ2) is 9.96. The highest BCUT2D eigenvalue weighted by molar-refractivity contribution is 9.09. The Labute approximate surface area is 185 Å². The lowest BCUT2D eigenvalue weighted by atomic mass is 9.99. The van der Waals surface area contributed by atoms with Crippen LogP contribution in [0.5, 0.6) is 11.5 Å². The number of rotatable bonds is 6. The van der Waals surface area contributed by atoms with Crippen LogP contribution in [0.3, 0.4) is 0 Å². The third kappa shape index (κ3) is 5.21. The number of benzene rings is 2. The van der Waals surface area contributed by atoms with Crippen LogP contribution in [0.25, 0.3) is 0 Å². The summed E-state index contributed by atoms with van der Waals surface area (Å²) < 4.78 is 11.7. The number of methoxy groups -OCH3 is 1. The Morgan fingerprint density at radius 3 is 2.59 bits per heavy atom. The van der Waals surface area contributed by atoms with Crippen LogP contribution in [-0.4, -0.2) is 23.6 Å². The normalized spacial score (nSPS) is 15.7.